The number of nitrogens with zero attached hydrogens (tertiary/aromatic N) is 3. The quantitative estimate of drug-likeness (QED) is 0.840. The van der Waals surface area contributed by atoms with Gasteiger partial charge in [-0.05, 0) is 44.2 Å². The number of amides is 1. The van der Waals surface area contributed by atoms with Crippen molar-refractivity contribution in [2.75, 3.05) is 19.6 Å². The molecule has 1 aliphatic heterocycles. The molecule has 2 heterocycles. The molecule has 0 radical (unpaired) electrons. The lowest BCUT2D eigenvalue weighted by molar-refractivity contribution is 0.0941. The van der Waals surface area contributed by atoms with Gasteiger partial charge >= 0.3 is 0 Å². The third kappa shape index (κ3) is 2.94. The highest BCUT2D eigenvalue weighted by atomic mass is 16.2. The van der Waals surface area contributed by atoms with Gasteiger partial charge in [0.15, 0.2) is 5.69 Å². The van der Waals surface area contributed by atoms with E-state index >= 15 is 0 Å². The molecule has 1 aliphatic carbocycles. The van der Waals surface area contributed by atoms with Crippen molar-refractivity contribution in [3.8, 4) is 0 Å². The number of carbonyl (C=O) groups excluding carboxylic acids is 1. The summed E-state index contributed by atoms with van der Waals surface area (Å²) in [5.74, 6) is -0.103. The molecule has 1 saturated carbocycles. The average Bonchev–Trinajstić information content (AvgIpc) is 2.99. The first kappa shape index (κ1) is 12.6. The smallest absolute Gasteiger partial charge is 0.273 e. The summed E-state index contributed by atoms with van der Waals surface area (Å²) in [6.45, 7) is 4.94. The lowest BCUT2D eigenvalue weighted by Crippen LogP contribution is -2.30. The van der Waals surface area contributed by atoms with Crippen molar-refractivity contribution in [3.05, 3.63) is 11.9 Å². The van der Waals surface area contributed by atoms with Crippen LogP contribution in [0, 0.1) is 5.41 Å². The van der Waals surface area contributed by atoms with E-state index in [2.05, 4.69) is 27.9 Å². The van der Waals surface area contributed by atoms with Gasteiger partial charge in [-0.3, -0.25) is 4.79 Å². The van der Waals surface area contributed by atoms with Crippen LogP contribution in [0.2, 0.25) is 0 Å². The summed E-state index contributed by atoms with van der Waals surface area (Å²) in [7, 11) is 0. The second kappa shape index (κ2) is 4.92. The molecule has 19 heavy (non-hydrogen) atoms. The topological polar surface area (TPSA) is 71.8 Å². The highest BCUT2D eigenvalue weighted by molar-refractivity contribution is 5.91. The summed E-state index contributed by atoms with van der Waals surface area (Å²) >= 11 is 0. The molecule has 0 spiro atoms. The SMILES string of the molecule is CC1(CNC(=O)c2cn(C3CCNCC3)nn2)CC1. The molecule has 0 atom stereocenters. The van der Waals surface area contributed by atoms with E-state index < -0.39 is 0 Å². The molecule has 3 rings (SSSR count). The summed E-state index contributed by atoms with van der Waals surface area (Å²) in [6, 6.07) is 0.372. The predicted molar refractivity (Wildman–Crippen MR) is 70.8 cm³/mol. The Morgan fingerprint density at radius 1 is 1.53 bits per heavy atom. The van der Waals surface area contributed by atoms with Crippen LogP contribution in [-0.4, -0.2) is 40.5 Å². The van der Waals surface area contributed by atoms with Gasteiger partial charge < -0.3 is 10.6 Å². The highest BCUT2D eigenvalue weighted by Crippen LogP contribution is 2.44. The van der Waals surface area contributed by atoms with Crippen molar-refractivity contribution in [1.29, 1.82) is 0 Å². The van der Waals surface area contributed by atoms with Gasteiger partial charge in [0.2, 0.25) is 0 Å². The monoisotopic (exact) mass is 263 g/mol. The highest BCUT2D eigenvalue weighted by Gasteiger charge is 2.37. The van der Waals surface area contributed by atoms with Crippen LogP contribution in [0.15, 0.2) is 6.20 Å². The van der Waals surface area contributed by atoms with Crippen LogP contribution in [-0.2, 0) is 0 Å². The minimum absolute atomic E-state index is 0.103. The second-order valence-electron chi connectivity index (χ2n) is 6.06. The summed E-state index contributed by atoms with van der Waals surface area (Å²) < 4.78 is 1.84. The van der Waals surface area contributed by atoms with Gasteiger partial charge in [0.05, 0.1) is 12.2 Å². The molecule has 6 nitrogen and oxygen atoms in total. The summed E-state index contributed by atoms with van der Waals surface area (Å²) in [5.41, 5.74) is 0.753. The third-order valence-electron chi connectivity index (χ3n) is 4.21. The summed E-state index contributed by atoms with van der Waals surface area (Å²) in [6.07, 6.45) is 6.27. The van der Waals surface area contributed by atoms with E-state index in [0.717, 1.165) is 32.5 Å². The fourth-order valence-electron chi connectivity index (χ4n) is 2.40. The first-order valence-corrected chi connectivity index (χ1v) is 7.07. The largest absolute Gasteiger partial charge is 0.350 e. The molecule has 2 N–H and O–H groups in total. The average molecular weight is 263 g/mol. The Balaban J connectivity index is 1.58. The van der Waals surface area contributed by atoms with Crippen LogP contribution in [0.1, 0.15) is 49.1 Å². The maximum Gasteiger partial charge on any atom is 0.273 e. The molecular weight excluding hydrogens is 242 g/mol. The number of hydrogen-bond acceptors (Lipinski definition) is 4. The van der Waals surface area contributed by atoms with Gasteiger partial charge in [-0.1, -0.05) is 12.1 Å². The number of rotatable bonds is 4. The van der Waals surface area contributed by atoms with E-state index in [1.54, 1.807) is 6.20 Å². The van der Waals surface area contributed by atoms with E-state index in [9.17, 15) is 4.79 Å². The van der Waals surface area contributed by atoms with Crippen molar-refractivity contribution >= 4 is 5.91 Å². The Kier molecular flexibility index (Phi) is 3.26. The zero-order valence-corrected chi connectivity index (χ0v) is 11.4. The van der Waals surface area contributed by atoms with Gasteiger partial charge in [0, 0.05) is 6.54 Å². The molecule has 1 amide bonds. The van der Waals surface area contributed by atoms with Crippen LogP contribution in [0.4, 0.5) is 0 Å². The van der Waals surface area contributed by atoms with Gasteiger partial charge in [-0.15, -0.1) is 5.10 Å². The van der Waals surface area contributed by atoms with Crippen LogP contribution >= 0.6 is 0 Å². The van der Waals surface area contributed by atoms with E-state index in [-0.39, 0.29) is 5.91 Å². The van der Waals surface area contributed by atoms with E-state index in [1.165, 1.54) is 12.8 Å². The Morgan fingerprint density at radius 3 is 2.95 bits per heavy atom. The predicted octanol–water partition coefficient (Wildman–Crippen LogP) is 0.732. The molecule has 0 aromatic carbocycles. The minimum Gasteiger partial charge on any atom is -0.350 e. The van der Waals surface area contributed by atoms with Crippen molar-refractivity contribution < 1.29 is 4.79 Å². The van der Waals surface area contributed by atoms with Crippen molar-refractivity contribution in [3.63, 3.8) is 0 Å². The maximum atomic E-state index is 12.0. The molecular formula is C13H21N5O. The molecule has 0 unspecified atom stereocenters. The molecule has 6 heteroatoms. The van der Waals surface area contributed by atoms with Crippen molar-refractivity contribution in [1.82, 2.24) is 25.6 Å². The Labute approximate surface area is 112 Å². The van der Waals surface area contributed by atoms with Crippen molar-refractivity contribution in [2.45, 2.75) is 38.6 Å². The van der Waals surface area contributed by atoms with Crippen molar-refractivity contribution in [2.24, 2.45) is 5.41 Å². The zero-order valence-electron chi connectivity index (χ0n) is 11.4. The Bertz CT molecular complexity index is 459. The molecule has 2 fully saturated rings. The number of piperidine rings is 1. The third-order valence-corrected chi connectivity index (χ3v) is 4.21. The van der Waals surface area contributed by atoms with Crippen LogP contribution in [0.3, 0.4) is 0 Å². The lowest BCUT2D eigenvalue weighted by Gasteiger charge is -2.22. The first-order chi connectivity index (χ1) is 9.16. The maximum absolute atomic E-state index is 12.0. The summed E-state index contributed by atoms with van der Waals surface area (Å²) in [5, 5.41) is 14.4. The Morgan fingerprint density at radius 2 is 2.26 bits per heavy atom. The van der Waals surface area contributed by atoms with Crippen LogP contribution in [0.25, 0.3) is 0 Å². The number of carbonyl (C=O) groups is 1. The van der Waals surface area contributed by atoms with Gasteiger partial charge in [0.25, 0.3) is 5.91 Å². The molecule has 1 aromatic rings. The minimum atomic E-state index is -0.103. The number of aromatic nitrogens is 3. The molecule has 2 aliphatic rings. The lowest BCUT2D eigenvalue weighted by atomic mass is 10.1. The van der Waals surface area contributed by atoms with Crippen LogP contribution in [0.5, 0.6) is 0 Å². The van der Waals surface area contributed by atoms with Gasteiger partial charge in [-0.2, -0.15) is 0 Å². The van der Waals surface area contributed by atoms with E-state index in [0.29, 0.717) is 17.2 Å². The fourth-order valence-corrected chi connectivity index (χ4v) is 2.40. The fraction of sp³-hybridized carbons (Fsp3) is 0.769. The zero-order chi connectivity index (χ0) is 13.3. The van der Waals surface area contributed by atoms with Crippen LogP contribution < -0.4 is 10.6 Å². The van der Waals surface area contributed by atoms with E-state index in [1.807, 2.05) is 4.68 Å². The normalized spacial score (nSPS) is 22.2. The van der Waals surface area contributed by atoms with Gasteiger partial charge in [0.1, 0.15) is 0 Å². The summed E-state index contributed by atoms with van der Waals surface area (Å²) in [4.78, 5) is 12.0. The number of hydrogen-bond donors (Lipinski definition) is 2. The number of nitrogens with one attached hydrogen (secondary N) is 2. The first-order valence-electron chi connectivity index (χ1n) is 7.07. The molecule has 104 valence electrons. The molecule has 0 bridgehead atoms. The van der Waals surface area contributed by atoms with E-state index in [4.69, 9.17) is 0 Å². The molecule has 1 aromatic heterocycles. The second-order valence-corrected chi connectivity index (χ2v) is 6.06. The Hall–Kier alpha value is -1.43. The molecule has 1 saturated heterocycles. The van der Waals surface area contributed by atoms with Gasteiger partial charge in [-0.25, -0.2) is 4.68 Å². The standard InChI is InChI=1S/C13H21N5O/c1-13(4-5-13)9-15-12(19)11-8-18(17-16-11)10-2-6-14-7-3-10/h8,10,14H,2-7,9H2,1H3,(H,15,19).